The van der Waals surface area contributed by atoms with Crippen LogP contribution in [-0.4, -0.2) is 22.6 Å². The molecule has 0 saturated heterocycles. The number of hydrogen-bond donors (Lipinski definition) is 2. The van der Waals surface area contributed by atoms with Gasteiger partial charge in [0.1, 0.15) is 0 Å². The molecule has 1 aliphatic rings. The summed E-state index contributed by atoms with van der Waals surface area (Å²) in [6.45, 7) is 0.000676. The lowest BCUT2D eigenvalue weighted by Gasteiger charge is -2.24. The number of aryl methyl sites for hydroxylation is 1. The van der Waals surface area contributed by atoms with Crippen molar-refractivity contribution in [3.8, 4) is 0 Å². The van der Waals surface area contributed by atoms with Gasteiger partial charge in [-0.05, 0) is 30.9 Å². The Labute approximate surface area is 88.3 Å². The van der Waals surface area contributed by atoms with Gasteiger partial charge in [-0.15, -0.1) is 0 Å². The zero-order valence-electron chi connectivity index (χ0n) is 8.44. The van der Waals surface area contributed by atoms with E-state index < -0.39 is 5.97 Å². The van der Waals surface area contributed by atoms with Gasteiger partial charge in [-0.3, -0.25) is 15.1 Å². The van der Waals surface area contributed by atoms with E-state index in [2.05, 4.69) is 16.4 Å². The van der Waals surface area contributed by atoms with E-state index in [1.807, 2.05) is 6.07 Å². The number of pyridine rings is 1. The zero-order chi connectivity index (χ0) is 10.7. The second-order valence-corrected chi connectivity index (χ2v) is 3.77. The van der Waals surface area contributed by atoms with Crippen LogP contribution in [0.25, 0.3) is 0 Å². The van der Waals surface area contributed by atoms with Crippen molar-refractivity contribution >= 4 is 5.97 Å². The van der Waals surface area contributed by atoms with E-state index in [0.29, 0.717) is 0 Å². The average molecular weight is 206 g/mol. The van der Waals surface area contributed by atoms with Crippen molar-refractivity contribution in [1.82, 2.24) is 10.3 Å². The monoisotopic (exact) mass is 206 g/mol. The third kappa shape index (κ3) is 2.33. The van der Waals surface area contributed by atoms with Crippen LogP contribution >= 0.6 is 0 Å². The van der Waals surface area contributed by atoms with Crippen molar-refractivity contribution in [2.45, 2.75) is 25.3 Å². The molecule has 0 aromatic carbocycles. The van der Waals surface area contributed by atoms with Gasteiger partial charge >= 0.3 is 5.97 Å². The topological polar surface area (TPSA) is 62.2 Å². The molecule has 2 N–H and O–H groups in total. The smallest absolute Gasteiger partial charge is 0.317 e. The van der Waals surface area contributed by atoms with Crippen LogP contribution in [0.3, 0.4) is 0 Å². The molecule has 0 radical (unpaired) electrons. The maximum atomic E-state index is 10.5. The Bertz CT molecular complexity index is 365. The van der Waals surface area contributed by atoms with Gasteiger partial charge in [-0.25, -0.2) is 0 Å². The minimum absolute atomic E-state index is 0.000676. The number of carboxylic acid groups (broad SMARTS) is 1. The first kappa shape index (κ1) is 10.1. The van der Waals surface area contributed by atoms with Crippen molar-refractivity contribution < 1.29 is 9.90 Å². The molecule has 1 heterocycles. The highest BCUT2D eigenvalue weighted by molar-refractivity contribution is 5.69. The van der Waals surface area contributed by atoms with Crippen LogP contribution in [0.15, 0.2) is 18.3 Å². The number of nitrogens with zero attached hydrogens (tertiary/aromatic N) is 1. The van der Waals surface area contributed by atoms with Gasteiger partial charge in [0.2, 0.25) is 0 Å². The summed E-state index contributed by atoms with van der Waals surface area (Å²) in [7, 11) is 0. The summed E-state index contributed by atoms with van der Waals surface area (Å²) in [5.74, 6) is -0.821. The molecule has 0 spiro atoms. The predicted octanol–water partition coefficient (Wildman–Crippen LogP) is 1.13. The summed E-state index contributed by atoms with van der Waals surface area (Å²) in [5.41, 5.74) is 2.26. The molecule has 0 aliphatic heterocycles. The third-order valence-electron chi connectivity index (χ3n) is 2.69. The number of aromatic nitrogens is 1. The van der Waals surface area contributed by atoms with E-state index in [1.54, 1.807) is 6.20 Å². The molecule has 0 fully saturated rings. The number of fused-ring (bicyclic) bond motifs is 1. The highest BCUT2D eigenvalue weighted by atomic mass is 16.4. The summed E-state index contributed by atoms with van der Waals surface area (Å²) in [6, 6.07) is 4.10. The molecule has 15 heavy (non-hydrogen) atoms. The molecule has 2 rings (SSSR count). The Morgan fingerprint density at radius 3 is 3.33 bits per heavy atom. The minimum Gasteiger partial charge on any atom is -0.480 e. The SMILES string of the molecule is O=C(O)CN[C@@H]1CCCc2cccnc21. The molecular weight excluding hydrogens is 192 g/mol. The molecule has 4 heteroatoms. The summed E-state index contributed by atoms with van der Waals surface area (Å²) in [4.78, 5) is 14.8. The van der Waals surface area contributed by atoms with Crippen LogP contribution in [0.4, 0.5) is 0 Å². The Morgan fingerprint density at radius 1 is 1.67 bits per heavy atom. The second-order valence-electron chi connectivity index (χ2n) is 3.77. The molecule has 1 aliphatic carbocycles. The highest BCUT2D eigenvalue weighted by Gasteiger charge is 2.20. The third-order valence-corrected chi connectivity index (χ3v) is 2.69. The maximum absolute atomic E-state index is 10.5. The van der Waals surface area contributed by atoms with E-state index >= 15 is 0 Å². The zero-order valence-corrected chi connectivity index (χ0v) is 8.44. The highest BCUT2D eigenvalue weighted by Crippen LogP contribution is 2.27. The Kier molecular flexibility index (Phi) is 2.97. The van der Waals surface area contributed by atoms with Crippen molar-refractivity contribution in [3.63, 3.8) is 0 Å². The molecule has 0 bridgehead atoms. The lowest BCUT2D eigenvalue weighted by Crippen LogP contribution is -2.30. The Morgan fingerprint density at radius 2 is 2.53 bits per heavy atom. The lowest BCUT2D eigenvalue weighted by molar-refractivity contribution is -0.136. The van der Waals surface area contributed by atoms with E-state index in [-0.39, 0.29) is 12.6 Å². The van der Waals surface area contributed by atoms with E-state index in [0.717, 1.165) is 25.0 Å². The fraction of sp³-hybridized carbons (Fsp3) is 0.455. The quantitative estimate of drug-likeness (QED) is 0.778. The average Bonchev–Trinajstić information content (AvgIpc) is 2.26. The molecule has 80 valence electrons. The van der Waals surface area contributed by atoms with Crippen LogP contribution in [0.5, 0.6) is 0 Å². The van der Waals surface area contributed by atoms with Crippen molar-refractivity contribution in [1.29, 1.82) is 0 Å². The number of nitrogens with one attached hydrogen (secondary N) is 1. The van der Waals surface area contributed by atoms with Gasteiger partial charge < -0.3 is 5.11 Å². The van der Waals surface area contributed by atoms with Crippen molar-refractivity contribution in [2.24, 2.45) is 0 Å². The largest absolute Gasteiger partial charge is 0.480 e. The first-order valence-corrected chi connectivity index (χ1v) is 5.16. The Hall–Kier alpha value is -1.42. The summed E-state index contributed by atoms with van der Waals surface area (Å²) < 4.78 is 0. The molecule has 0 amide bonds. The number of rotatable bonds is 3. The summed E-state index contributed by atoms with van der Waals surface area (Å²) in [5, 5.41) is 11.6. The maximum Gasteiger partial charge on any atom is 0.317 e. The number of carboxylic acids is 1. The number of carbonyl (C=O) groups is 1. The lowest BCUT2D eigenvalue weighted by atomic mass is 9.92. The molecule has 0 unspecified atom stereocenters. The van der Waals surface area contributed by atoms with Gasteiger partial charge in [0.25, 0.3) is 0 Å². The van der Waals surface area contributed by atoms with E-state index in [1.165, 1.54) is 5.56 Å². The van der Waals surface area contributed by atoms with Crippen LogP contribution in [0, 0.1) is 0 Å². The van der Waals surface area contributed by atoms with Crippen LogP contribution in [0.2, 0.25) is 0 Å². The van der Waals surface area contributed by atoms with Gasteiger partial charge in [-0.2, -0.15) is 0 Å². The molecular formula is C11H14N2O2. The predicted molar refractivity (Wildman–Crippen MR) is 55.6 cm³/mol. The molecule has 1 atom stereocenters. The first-order valence-electron chi connectivity index (χ1n) is 5.16. The standard InChI is InChI=1S/C11H14N2O2/c14-10(15)7-13-9-5-1-3-8-4-2-6-12-11(8)9/h2,4,6,9,13H,1,3,5,7H2,(H,14,15)/t9-/m1/s1. The summed E-state index contributed by atoms with van der Waals surface area (Å²) >= 11 is 0. The Balaban J connectivity index is 2.11. The molecule has 1 aromatic heterocycles. The van der Waals surface area contributed by atoms with Crippen LogP contribution in [0.1, 0.15) is 30.1 Å². The number of hydrogen-bond acceptors (Lipinski definition) is 3. The molecule has 1 aromatic rings. The van der Waals surface area contributed by atoms with E-state index in [4.69, 9.17) is 5.11 Å². The normalized spacial score (nSPS) is 19.6. The fourth-order valence-corrected chi connectivity index (χ4v) is 2.02. The summed E-state index contributed by atoms with van der Waals surface area (Å²) in [6.07, 6.45) is 4.88. The van der Waals surface area contributed by atoms with Gasteiger partial charge in [0, 0.05) is 6.20 Å². The van der Waals surface area contributed by atoms with Crippen molar-refractivity contribution in [2.75, 3.05) is 6.54 Å². The first-order chi connectivity index (χ1) is 7.27. The van der Waals surface area contributed by atoms with Crippen molar-refractivity contribution in [3.05, 3.63) is 29.6 Å². The van der Waals surface area contributed by atoms with Gasteiger partial charge in [0.15, 0.2) is 0 Å². The van der Waals surface area contributed by atoms with E-state index in [9.17, 15) is 4.79 Å². The fourth-order valence-electron chi connectivity index (χ4n) is 2.02. The molecule has 4 nitrogen and oxygen atoms in total. The second kappa shape index (κ2) is 4.40. The minimum atomic E-state index is -0.821. The number of aliphatic carboxylic acids is 1. The van der Waals surface area contributed by atoms with Gasteiger partial charge in [0.05, 0.1) is 18.3 Å². The molecule has 0 saturated carbocycles. The van der Waals surface area contributed by atoms with Gasteiger partial charge in [-0.1, -0.05) is 6.07 Å². The van der Waals surface area contributed by atoms with Crippen LogP contribution < -0.4 is 5.32 Å². The van der Waals surface area contributed by atoms with Crippen LogP contribution in [-0.2, 0) is 11.2 Å².